The number of benzene rings is 2. The fourth-order valence-electron chi connectivity index (χ4n) is 5.77. The van der Waals surface area contributed by atoms with Crippen molar-refractivity contribution in [3.05, 3.63) is 102 Å². The number of hydrogen-bond acceptors (Lipinski definition) is 4. The number of rotatable bonds is 6. The maximum atomic E-state index is 6.95. The molecule has 2 saturated heterocycles. The Balaban J connectivity index is 1.44. The number of thiocarbonyl (C=S) groups is 1. The highest BCUT2D eigenvalue weighted by molar-refractivity contribution is 7.80. The Morgan fingerprint density at radius 3 is 2.51 bits per heavy atom. The highest BCUT2D eigenvalue weighted by Crippen LogP contribution is 2.44. The lowest BCUT2D eigenvalue weighted by atomic mass is 9.98. The lowest BCUT2D eigenvalue weighted by Gasteiger charge is -2.33. The van der Waals surface area contributed by atoms with Crippen molar-refractivity contribution in [3.63, 3.8) is 0 Å². The standard InChI is InChI=1S/C31H32ClN5OS/c1-21-14-18-35(19-15-21)25-13-12-22(20-23(25)32)37-30(29(34-31(37)39)24-8-5-6-16-33-24)27-10-7-17-36(27)26-9-3-4-11-28(26)38-2/h3-13,16-17,20-21,29-30H,14-15,18-19H2,1-2H3,(H,34,39)/t29-,30-/m0/s1. The highest BCUT2D eigenvalue weighted by atomic mass is 35.5. The molecule has 4 heterocycles. The van der Waals surface area contributed by atoms with Crippen molar-refractivity contribution in [2.24, 2.45) is 5.92 Å². The molecule has 2 aromatic carbocycles. The lowest BCUT2D eigenvalue weighted by Crippen LogP contribution is -2.33. The molecule has 0 spiro atoms. The first-order valence-corrected chi connectivity index (χ1v) is 14.2. The van der Waals surface area contributed by atoms with Gasteiger partial charge >= 0.3 is 0 Å². The molecule has 0 amide bonds. The van der Waals surface area contributed by atoms with Crippen molar-refractivity contribution in [1.82, 2.24) is 14.9 Å². The monoisotopic (exact) mass is 557 g/mol. The van der Waals surface area contributed by atoms with Gasteiger partial charge in [-0.1, -0.05) is 36.7 Å². The van der Waals surface area contributed by atoms with Gasteiger partial charge in [-0.15, -0.1) is 0 Å². The fraction of sp³-hybridized carbons (Fsp3) is 0.290. The first-order chi connectivity index (χ1) is 19.0. The van der Waals surface area contributed by atoms with E-state index in [9.17, 15) is 0 Å². The van der Waals surface area contributed by atoms with Crippen LogP contribution in [0.25, 0.3) is 5.69 Å². The van der Waals surface area contributed by atoms with Crippen LogP contribution >= 0.6 is 23.8 Å². The van der Waals surface area contributed by atoms with E-state index >= 15 is 0 Å². The molecule has 0 saturated carbocycles. The van der Waals surface area contributed by atoms with Crippen molar-refractivity contribution in [2.45, 2.75) is 31.8 Å². The summed E-state index contributed by atoms with van der Waals surface area (Å²) in [6.45, 7) is 4.38. The third-order valence-corrected chi connectivity index (χ3v) is 8.48. The minimum atomic E-state index is -0.176. The van der Waals surface area contributed by atoms with E-state index in [0.29, 0.717) is 5.11 Å². The van der Waals surface area contributed by atoms with Crippen LogP contribution in [-0.2, 0) is 0 Å². The maximum absolute atomic E-state index is 6.95. The van der Waals surface area contributed by atoms with Crippen LogP contribution in [0.15, 0.2) is 85.2 Å². The van der Waals surface area contributed by atoms with Gasteiger partial charge in [0.1, 0.15) is 11.8 Å². The van der Waals surface area contributed by atoms with Crippen molar-refractivity contribution in [2.75, 3.05) is 30.0 Å². The number of ether oxygens (including phenoxy) is 1. The van der Waals surface area contributed by atoms with E-state index < -0.39 is 0 Å². The van der Waals surface area contributed by atoms with Gasteiger partial charge in [0.15, 0.2) is 5.11 Å². The highest BCUT2D eigenvalue weighted by Gasteiger charge is 2.42. The van der Waals surface area contributed by atoms with E-state index in [-0.39, 0.29) is 12.1 Å². The Hall–Kier alpha value is -3.55. The minimum absolute atomic E-state index is 0.163. The molecule has 2 aliphatic heterocycles. The number of halogens is 1. The second-order valence-electron chi connectivity index (χ2n) is 10.3. The van der Waals surface area contributed by atoms with Gasteiger partial charge in [-0.3, -0.25) is 4.98 Å². The van der Waals surface area contributed by atoms with E-state index in [1.165, 1.54) is 12.8 Å². The molecule has 0 bridgehead atoms. The smallest absolute Gasteiger partial charge is 0.174 e. The van der Waals surface area contributed by atoms with Crippen LogP contribution in [-0.4, -0.2) is 34.9 Å². The summed E-state index contributed by atoms with van der Waals surface area (Å²) >= 11 is 12.9. The molecule has 8 heteroatoms. The van der Waals surface area contributed by atoms with Gasteiger partial charge < -0.3 is 24.4 Å². The normalized spacial score (nSPS) is 19.8. The van der Waals surface area contributed by atoms with Gasteiger partial charge in [-0.05, 0) is 85.6 Å². The van der Waals surface area contributed by atoms with Crippen LogP contribution in [0.1, 0.15) is 43.2 Å². The number of methoxy groups -OCH3 is 1. The molecular formula is C31H32ClN5OS. The number of aromatic nitrogens is 2. The summed E-state index contributed by atoms with van der Waals surface area (Å²) in [5.74, 6) is 1.56. The summed E-state index contributed by atoms with van der Waals surface area (Å²) in [6, 6.07) is 24.2. The van der Waals surface area contributed by atoms with Gasteiger partial charge in [0.2, 0.25) is 0 Å². The number of nitrogens with zero attached hydrogens (tertiary/aromatic N) is 4. The fourth-order valence-corrected chi connectivity index (χ4v) is 6.41. The van der Waals surface area contributed by atoms with Crippen LogP contribution < -0.4 is 19.9 Å². The molecule has 2 fully saturated rings. The van der Waals surface area contributed by atoms with Crippen LogP contribution in [0.4, 0.5) is 11.4 Å². The number of pyridine rings is 1. The Morgan fingerprint density at radius 1 is 0.974 bits per heavy atom. The quantitative estimate of drug-likeness (QED) is 0.259. The first-order valence-electron chi connectivity index (χ1n) is 13.4. The Morgan fingerprint density at radius 2 is 1.77 bits per heavy atom. The molecular weight excluding hydrogens is 526 g/mol. The number of piperidine rings is 1. The SMILES string of the molecule is COc1ccccc1-n1cccc1[C@H]1[C@H](c2ccccn2)NC(=S)N1c1ccc(N2CCC(C)CC2)c(Cl)c1. The summed E-state index contributed by atoms with van der Waals surface area (Å²) in [4.78, 5) is 9.27. The molecule has 6 nitrogen and oxygen atoms in total. The number of anilines is 2. The topological polar surface area (TPSA) is 45.6 Å². The zero-order valence-electron chi connectivity index (χ0n) is 22.1. The number of nitrogens with one attached hydrogen (secondary N) is 1. The Bertz CT molecular complexity index is 1470. The summed E-state index contributed by atoms with van der Waals surface area (Å²) in [6.07, 6.45) is 6.26. The molecule has 2 atom stereocenters. The molecule has 200 valence electrons. The van der Waals surface area contributed by atoms with Crippen molar-refractivity contribution in [3.8, 4) is 11.4 Å². The average molecular weight is 558 g/mol. The first kappa shape index (κ1) is 25.7. The lowest BCUT2D eigenvalue weighted by molar-refractivity contribution is 0.412. The van der Waals surface area contributed by atoms with E-state index in [1.54, 1.807) is 7.11 Å². The van der Waals surface area contributed by atoms with E-state index in [4.69, 9.17) is 33.5 Å². The number of para-hydroxylation sites is 2. The van der Waals surface area contributed by atoms with E-state index in [1.807, 2.05) is 48.7 Å². The van der Waals surface area contributed by atoms with E-state index in [0.717, 1.165) is 58.2 Å². The van der Waals surface area contributed by atoms with Crippen LogP contribution in [0.2, 0.25) is 5.02 Å². The van der Waals surface area contributed by atoms with Gasteiger partial charge in [0.25, 0.3) is 0 Å². The minimum Gasteiger partial charge on any atom is -0.495 e. The predicted molar refractivity (Wildman–Crippen MR) is 162 cm³/mol. The molecule has 0 unspecified atom stereocenters. The van der Waals surface area contributed by atoms with E-state index in [2.05, 4.69) is 63.1 Å². The summed E-state index contributed by atoms with van der Waals surface area (Å²) in [7, 11) is 1.70. The van der Waals surface area contributed by atoms with Gasteiger partial charge in [0.05, 0.1) is 35.2 Å². The van der Waals surface area contributed by atoms with Crippen LogP contribution in [0.5, 0.6) is 5.75 Å². The van der Waals surface area contributed by atoms with Crippen LogP contribution in [0, 0.1) is 5.92 Å². The largest absolute Gasteiger partial charge is 0.495 e. The molecule has 4 aromatic rings. The zero-order valence-corrected chi connectivity index (χ0v) is 23.7. The summed E-state index contributed by atoms with van der Waals surface area (Å²) in [5.41, 5.74) is 4.98. The molecule has 2 aromatic heterocycles. The zero-order chi connectivity index (χ0) is 26.9. The summed E-state index contributed by atoms with van der Waals surface area (Å²) < 4.78 is 7.89. The van der Waals surface area contributed by atoms with Crippen LogP contribution in [0.3, 0.4) is 0 Å². The summed E-state index contributed by atoms with van der Waals surface area (Å²) in [5, 5.41) is 4.94. The van der Waals surface area contributed by atoms with Crippen molar-refractivity contribution in [1.29, 1.82) is 0 Å². The maximum Gasteiger partial charge on any atom is 0.174 e. The second-order valence-corrected chi connectivity index (χ2v) is 11.1. The Labute approximate surface area is 240 Å². The molecule has 0 radical (unpaired) electrons. The molecule has 2 aliphatic rings. The second kappa shape index (κ2) is 10.9. The van der Waals surface area contributed by atoms with Gasteiger partial charge in [-0.25, -0.2) is 0 Å². The molecule has 6 rings (SSSR count). The van der Waals surface area contributed by atoms with Crippen molar-refractivity contribution < 1.29 is 4.74 Å². The van der Waals surface area contributed by atoms with Gasteiger partial charge in [-0.2, -0.15) is 0 Å². The third-order valence-electron chi connectivity index (χ3n) is 7.86. The molecule has 1 N–H and O–H groups in total. The molecule has 0 aliphatic carbocycles. The number of hydrogen-bond donors (Lipinski definition) is 1. The van der Waals surface area contributed by atoms with Crippen molar-refractivity contribution >= 4 is 40.3 Å². The predicted octanol–water partition coefficient (Wildman–Crippen LogP) is 6.95. The van der Waals surface area contributed by atoms with Gasteiger partial charge in [0, 0.05) is 36.9 Å². The molecule has 39 heavy (non-hydrogen) atoms. The third kappa shape index (κ3) is 4.85. The average Bonchev–Trinajstić information content (AvgIpc) is 3.58. The Kier molecular flexibility index (Phi) is 7.19.